The minimum Gasteiger partial charge on any atom is -0.387 e. The maximum Gasteiger partial charge on any atom is 0.127 e. The molecule has 0 spiro atoms. The molecule has 1 aromatic rings. The molecule has 0 saturated carbocycles. The van der Waals surface area contributed by atoms with Crippen molar-refractivity contribution in [1.82, 2.24) is 0 Å². The molecule has 88 valence electrons. The van der Waals surface area contributed by atoms with Gasteiger partial charge in [-0.2, -0.15) is 0 Å². The van der Waals surface area contributed by atoms with Gasteiger partial charge in [-0.1, -0.05) is 17.7 Å². The van der Waals surface area contributed by atoms with E-state index in [9.17, 15) is 9.50 Å². The minimum atomic E-state index is -0.982. The van der Waals surface area contributed by atoms with Crippen LogP contribution >= 0.6 is 11.6 Å². The molecule has 1 aliphatic rings. The first-order chi connectivity index (χ1) is 7.61. The van der Waals surface area contributed by atoms with Gasteiger partial charge in [-0.25, -0.2) is 4.39 Å². The van der Waals surface area contributed by atoms with E-state index in [1.54, 1.807) is 12.1 Å². The van der Waals surface area contributed by atoms with Crippen LogP contribution in [0.25, 0.3) is 0 Å². The van der Waals surface area contributed by atoms with Crippen molar-refractivity contribution in [2.75, 3.05) is 13.2 Å². The van der Waals surface area contributed by atoms with Gasteiger partial charge in [-0.05, 0) is 25.0 Å². The Labute approximate surface area is 99.0 Å². The highest BCUT2D eigenvalue weighted by atomic mass is 35.5. The van der Waals surface area contributed by atoms with Gasteiger partial charge in [0.05, 0.1) is 12.2 Å². The van der Waals surface area contributed by atoms with Crippen molar-refractivity contribution < 1.29 is 14.2 Å². The molecule has 2 nitrogen and oxygen atoms in total. The number of halogens is 2. The molecule has 1 N–H and O–H groups in total. The monoisotopic (exact) mass is 244 g/mol. The lowest BCUT2D eigenvalue weighted by Crippen LogP contribution is -2.40. The summed E-state index contributed by atoms with van der Waals surface area (Å²) in [5.74, 6) is -0.369. The summed E-state index contributed by atoms with van der Waals surface area (Å²) < 4.78 is 18.8. The molecular weight excluding hydrogens is 231 g/mol. The molecule has 0 radical (unpaired) electrons. The highest BCUT2D eigenvalue weighted by molar-refractivity contribution is 6.31. The molecule has 1 aromatic carbocycles. The van der Waals surface area contributed by atoms with E-state index in [1.807, 2.05) is 0 Å². The zero-order chi connectivity index (χ0) is 11.6. The van der Waals surface area contributed by atoms with Crippen molar-refractivity contribution in [2.45, 2.75) is 24.9 Å². The topological polar surface area (TPSA) is 29.5 Å². The molecule has 16 heavy (non-hydrogen) atoms. The predicted octanol–water partition coefficient (Wildman–Crippen LogP) is 2.56. The van der Waals surface area contributed by atoms with Gasteiger partial charge in [0.15, 0.2) is 0 Å². The smallest absolute Gasteiger partial charge is 0.127 e. The Bertz CT molecular complexity index is 355. The molecule has 4 heteroatoms. The molecule has 1 unspecified atom stereocenters. The average Bonchev–Trinajstić information content (AvgIpc) is 2.25. The normalized spacial score (nSPS) is 25.7. The average molecular weight is 245 g/mol. The van der Waals surface area contributed by atoms with E-state index in [1.165, 1.54) is 6.07 Å². The highest BCUT2D eigenvalue weighted by Crippen LogP contribution is 2.28. The van der Waals surface area contributed by atoms with E-state index in [-0.39, 0.29) is 18.8 Å². The third kappa shape index (κ3) is 2.54. The van der Waals surface area contributed by atoms with Crippen molar-refractivity contribution >= 4 is 11.6 Å². The van der Waals surface area contributed by atoms with Gasteiger partial charge in [0, 0.05) is 23.6 Å². The number of hydrogen-bond acceptors (Lipinski definition) is 2. The maximum atomic E-state index is 13.5. The second-order valence-corrected chi connectivity index (χ2v) is 4.66. The van der Waals surface area contributed by atoms with E-state index in [4.69, 9.17) is 16.3 Å². The summed E-state index contributed by atoms with van der Waals surface area (Å²) in [6.45, 7) is 0.908. The zero-order valence-electron chi connectivity index (χ0n) is 8.88. The highest BCUT2D eigenvalue weighted by Gasteiger charge is 2.31. The number of rotatable bonds is 2. The van der Waals surface area contributed by atoms with E-state index in [0.29, 0.717) is 23.6 Å². The molecule has 0 aliphatic carbocycles. The van der Waals surface area contributed by atoms with E-state index >= 15 is 0 Å². The van der Waals surface area contributed by atoms with Crippen LogP contribution in [0.5, 0.6) is 0 Å². The SMILES string of the molecule is OC1(Cc2c(F)cccc2Cl)CCCOC1. The molecule has 0 amide bonds. The first-order valence-corrected chi connectivity index (χ1v) is 5.72. The van der Waals surface area contributed by atoms with Gasteiger partial charge in [0.2, 0.25) is 0 Å². The third-order valence-electron chi connectivity index (χ3n) is 2.87. The Morgan fingerprint density at radius 1 is 1.50 bits per heavy atom. The Kier molecular flexibility index (Phi) is 3.47. The molecule has 2 rings (SSSR count). The Morgan fingerprint density at radius 3 is 2.94 bits per heavy atom. The number of hydrogen-bond donors (Lipinski definition) is 1. The lowest BCUT2D eigenvalue weighted by Gasteiger charge is -2.32. The molecule has 1 saturated heterocycles. The van der Waals surface area contributed by atoms with Crippen LogP contribution in [0.1, 0.15) is 18.4 Å². The number of aliphatic hydroxyl groups is 1. The first kappa shape index (κ1) is 11.8. The van der Waals surface area contributed by atoms with Crippen LogP contribution in [0.4, 0.5) is 4.39 Å². The fraction of sp³-hybridized carbons (Fsp3) is 0.500. The molecule has 0 bridgehead atoms. The van der Waals surface area contributed by atoms with Gasteiger partial charge < -0.3 is 9.84 Å². The Hall–Kier alpha value is -0.640. The van der Waals surface area contributed by atoms with E-state index < -0.39 is 5.60 Å². The summed E-state index contributed by atoms with van der Waals surface area (Å²) in [6.07, 6.45) is 1.62. The van der Waals surface area contributed by atoms with Crippen LogP contribution in [0.3, 0.4) is 0 Å². The zero-order valence-corrected chi connectivity index (χ0v) is 9.63. The van der Waals surface area contributed by atoms with E-state index in [0.717, 1.165) is 6.42 Å². The summed E-state index contributed by atoms with van der Waals surface area (Å²) in [5.41, 5.74) is -0.610. The van der Waals surface area contributed by atoms with Crippen molar-refractivity contribution in [3.63, 3.8) is 0 Å². The Morgan fingerprint density at radius 2 is 2.31 bits per heavy atom. The van der Waals surface area contributed by atoms with Crippen molar-refractivity contribution in [1.29, 1.82) is 0 Å². The van der Waals surface area contributed by atoms with Crippen molar-refractivity contribution in [3.05, 3.63) is 34.6 Å². The van der Waals surface area contributed by atoms with Crippen LogP contribution in [-0.2, 0) is 11.2 Å². The fourth-order valence-electron chi connectivity index (χ4n) is 2.01. The van der Waals surface area contributed by atoms with Crippen molar-refractivity contribution in [2.24, 2.45) is 0 Å². The standard InChI is InChI=1S/C12H14ClFO2/c13-10-3-1-4-11(14)9(10)7-12(15)5-2-6-16-8-12/h1,3-4,15H,2,5-8H2. The van der Waals surface area contributed by atoms with Crippen LogP contribution in [0, 0.1) is 5.82 Å². The summed E-state index contributed by atoms with van der Waals surface area (Å²) in [4.78, 5) is 0. The van der Waals surface area contributed by atoms with Crippen LogP contribution < -0.4 is 0 Å². The number of benzene rings is 1. The van der Waals surface area contributed by atoms with Crippen LogP contribution in [-0.4, -0.2) is 23.9 Å². The molecule has 1 fully saturated rings. The molecule has 1 atom stereocenters. The second-order valence-electron chi connectivity index (χ2n) is 4.26. The fourth-order valence-corrected chi connectivity index (χ4v) is 2.24. The summed E-state index contributed by atoms with van der Waals surface area (Å²) in [5, 5.41) is 10.6. The lowest BCUT2D eigenvalue weighted by atomic mass is 9.89. The largest absolute Gasteiger partial charge is 0.387 e. The van der Waals surface area contributed by atoms with Crippen LogP contribution in [0.15, 0.2) is 18.2 Å². The molecule has 1 heterocycles. The predicted molar refractivity (Wildman–Crippen MR) is 60.1 cm³/mol. The van der Waals surface area contributed by atoms with Crippen LogP contribution in [0.2, 0.25) is 5.02 Å². The van der Waals surface area contributed by atoms with Gasteiger partial charge in [0.25, 0.3) is 0 Å². The van der Waals surface area contributed by atoms with Crippen molar-refractivity contribution in [3.8, 4) is 0 Å². The minimum absolute atomic E-state index is 0.207. The summed E-state index contributed by atoms with van der Waals surface area (Å²) in [6, 6.07) is 4.55. The Balaban J connectivity index is 2.19. The summed E-state index contributed by atoms with van der Waals surface area (Å²) >= 11 is 5.92. The van der Waals surface area contributed by atoms with Gasteiger partial charge in [-0.15, -0.1) is 0 Å². The molecule has 0 aromatic heterocycles. The third-order valence-corrected chi connectivity index (χ3v) is 3.22. The van der Waals surface area contributed by atoms with E-state index in [2.05, 4.69) is 0 Å². The summed E-state index contributed by atoms with van der Waals surface area (Å²) in [7, 11) is 0. The van der Waals surface area contributed by atoms with Gasteiger partial charge in [0.1, 0.15) is 5.82 Å². The first-order valence-electron chi connectivity index (χ1n) is 5.34. The quantitative estimate of drug-likeness (QED) is 0.867. The number of ether oxygens (including phenoxy) is 1. The second kappa shape index (κ2) is 4.70. The molecular formula is C12H14ClFO2. The van der Waals surface area contributed by atoms with Gasteiger partial charge in [-0.3, -0.25) is 0 Å². The van der Waals surface area contributed by atoms with Gasteiger partial charge >= 0.3 is 0 Å². The molecule has 1 aliphatic heterocycles. The maximum absolute atomic E-state index is 13.5. The lowest BCUT2D eigenvalue weighted by molar-refractivity contribution is -0.0848.